The second kappa shape index (κ2) is 5.30. The number of thioether (sulfide) groups is 1. The molecule has 0 bridgehead atoms. The number of hydrogen-bond acceptors (Lipinski definition) is 4. The van der Waals surface area contributed by atoms with E-state index in [1.54, 1.807) is 0 Å². The van der Waals surface area contributed by atoms with E-state index in [4.69, 9.17) is 0 Å². The quantitative estimate of drug-likeness (QED) is 0.787. The lowest BCUT2D eigenvalue weighted by Gasteiger charge is -2.23. The molecule has 1 fully saturated rings. The van der Waals surface area contributed by atoms with Crippen LogP contribution in [0.25, 0.3) is 0 Å². The van der Waals surface area contributed by atoms with Crippen LogP contribution in [-0.2, 0) is 4.79 Å². The maximum absolute atomic E-state index is 13.0. The Morgan fingerprint density at radius 3 is 2.83 bits per heavy atom. The van der Waals surface area contributed by atoms with Crippen LogP contribution in [-0.4, -0.2) is 34.1 Å². The van der Waals surface area contributed by atoms with Crippen LogP contribution >= 0.6 is 11.8 Å². The van der Waals surface area contributed by atoms with Gasteiger partial charge in [0.05, 0.1) is 6.54 Å². The molecule has 2 rings (SSSR count). The van der Waals surface area contributed by atoms with Gasteiger partial charge in [0.15, 0.2) is 5.78 Å². The number of benzene rings is 1. The molecule has 2 amide bonds. The average Bonchev–Trinajstić information content (AvgIpc) is 2.34. The molecule has 1 saturated heterocycles. The van der Waals surface area contributed by atoms with Crippen LogP contribution in [0.15, 0.2) is 24.3 Å². The van der Waals surface area contributed by atoms with Crippen LogP contribution in [0.1, 0.15) is 16.8 Å². The fraction of sp³-hybridized carbons (Fsp3) is 0.250. The van der Waals surface area contributed by atoms with E-state index < -0.39 is 16.8 Å². The molecule has 1 aliphatic rings. The third kappa shape index (κ3) is 2.76. The summed E-state index contributed by atoms with van der Waals surface area (Å²) in [5, 5.41) is -0.420. The highest BCUT2D eigenvalue weighted by Crippen LogP contribution is 2.18. The number of carbonyl (C=O) groups is 3. The van der Waals surface area contributed by atoms with E-state index in [1.807, 2.05) is 0 Å². The minimum absolute atomic E-state index is 0.158. The summed E-state index contributed by atoms with van der Waals surface area (Å²) in [6, 6.07) is 5.19. The van der Waals surface area contributed by atoms with Gasteiger partial charge in [-0.25, -0.2) is 4.39 Å². The van der Waals surface area contributed by atoms with Gasteiger partial charge in [0.1, 0.15) is 5.82 Å². The number of amides is 2. The van der Waals surface area contributed by atoms with E-state index in [0.717, 1.165) is 22.7 Å². The molecule has 0 N–H and O–H groups in total. The lowest BCUT2D eigenvalue weighted by atomic mass is 10.1. The Morgan fingerprint density at radius 2 is 2.17 bits per heavy atom. The van der Waals surface area contributed by atoms with Crippen LogP contribution in [0.5, 0.6) is 0 Å². The Hall–Kier alpha value is -1.69. The average molecular weight is 267 g/mol. The molecule has 1 aliphatic heterocycles. The van der Waals surface area contributed by atoms with Crippen molar-refractivity contribution in [3.8, 4) is 0 Å². The molecular weight excluding hydrogens is 257 g/mol. The SMILES string of the molecule is O=C(CN1C(=O)CCSC1=O)c1cccc(F)c1. The zero-order valence-corrected chi connectivity index (χ0v) is 10.2. The number of hydrogen-bond donors (Lipinski definition) is 0. The second-order valence-electron chi connectivity index (χ2n) is 3.78. The molecule has 18 heavy (non-hydrogen) atoms. The molecular formula is C12H10FNO3S. The van der Waals surface area contributed by atoms with E-state index in [-0.39, 0.29) is 24.4 Å². The topological polar surface area (TPSA) is 54.5 Å². The fourth-order valence-corrected chi connectivity index (χ4v) is 2.36. The summed E-state index contributed by atoms with van der Waals surface area (Å²) in [6.07, 6.45) is 0.243. The first-order chi connectivity index (χ1) is 8.58. The highest BCUT2D eigenvalue weighted by Gasteiger charge is 2.28. The number of carbonyl (C=O) groups excluding carboxylic acids is 3. The molecule has 1 aromatic carbocycles. The third-order valence-electron chi connectivity index (χ3n) is 2.51. The Morgan fingerprint density at radius 1 is 1.39 bits per heavy atom. The number of halogens is 1. The number of Topliss-reactive ketones (excluding diaryl/α,β-unsaturated/α-hetero) is 1. The van der Waals surface area contributed by atoms with Crippen LogP contribution < -0.4 is 0 Å². The second-order valence-corrected chi connectivity index (χ2v) is 4.82. The minimum atomic E-state index is -0.522. The summed E-state index contributed by atoms with van der Waals surface area (Å²) in [5.74, 6) is -0.879. The molecule has 94 valence electrons. The largest absolute Gasteiger partial charge is 0.292 e. The number of rotatable bonds is 3. The minimum Gasteiger partial charge on any atom is -0.292 e. The normalized spacial score (nSPS) is 15.9. The van der Waals surface area contributed by atoms with Gasteiger partial charge in [0.25, 0.3) is 5.24 Å². The van der Waals surface area contributed by atoms with Crippen molar-refractivity contribution in [2.75, 3.05) is 12.3 Å². The van der Waals surface area contributed by atoms with Gasteiger partial charge in [-0.1, -0.05) is 23.9 Å². The van der Waals surface area contributed by atoms with Crippen LogP contribution in [0.4, 0.5) is 9.18 Å². The molecule has 0 radical (unpaired) electrons. The summed E-state index contributed by atoms with van der Waals surface area (Å²) in [4.78, 5) is 35.7. The lowest BCUT2D eigenvalue weighted by Crippen LogP contribution is -2.41. The van der Waals surface area contributed by atoms with Gasteiger partial charge in [-0.05, 0) is 12.1 Å². The molecule has 0 atom stereocenters. The van der Waals surface area contributed by atoms with Crippen LogP contribution in [0.3, 0.4) is 0 Å². The molecule has 0 spiro atoms. The van der Waals surface area contributed by atoms with Gasteiger partial charge in [0.2, 0.25) is 5.91 Å². The predicted octanol–water partition coefficient (Wildman–Crippen LogP) is 2.09. The van der Waals surface area contributed by atoms with Gasteiger partial charge in [0, 0.05) is 17.7 Å². The van der Waals surface area contributed by atoms with E-state index in [1.165, 1.54) is 18.2 Å². The highest BCUT2D eigenvalue weighted by molar-refractivity contribution is 8.13. The zero-order valence-electron chi connectivity index (χ0n) is 9.39. The van der Waals surface area contributed by atoms with Crippen molar-refractivity contribution in [3.63, 3.8) is 0 Å². The maximum atomic E-state index is 13.0. The van der Waals surface area contributed by atoms with Crippen molar-refractivity contribution < 1.29 is 18.8 Å². The Labute approximate surface area is 107 Å². The van der Waals surface area contributed by atoms with Gasteiger partial charge in [-0.2, -0.15) is 0 Å². The smallest absolute Gasteiger partial charge is 0.288 e. The first-order valence-electron chi connectivity index (χ1n) is 5.34. The molecule has 6 heteroatoms. The van der Waals surface area contributed by atoms with Gasteiger partial charge in [-0.3, -0.25) is 19.3 Å². The summed E-state index contributed by atoms with van der Waals surface area (Å²) >= 11 is 1.01. The third-order valence-corrected chi connectivity index (χ3v) is 3.39. The first-order valence-corrected chi connectivity index (χ1v) is 6.32. The summed E-state index contributed by atoms with van der Waals surface area (Å²) < 4.78 is 13.0. The molecule has 1 aromatic rings. The van der Waals surface area contributed by atoms with Gasteiger partial charge < -0.3 is 0 Å². The standard InChI is InChI=1S/C12H10FNO3S/c13-9-3-1-2-8(6-9)10(15)7-14-11(16)4-5-18-12(14)17/h1-3,6H,4-5,7H2. The Bertz CT molecular complexity index is 502. The number of nitrogens with zero attached hydrogens (tertiary/aromatic N) is 1. The lowest BCUT2D eigenvalue weighted by molar-refractivity contribution is -0.127. The zero-order chi connectivity index (χ0) is 13.1. The van der Waals surface area contributed by atoms with Crippen molar-refractivity contribution in [1.82, 2.24) is 4.90 Å². The molecule has 0 saturated carbocycles. The molecule has 0 aliphatic carbocycles. The van der Waals surface area contributed by atoms with Crippen molar-refractivity contribution in [2.24, 2.45) is 0 Å². The van der Waals surface area contributed by atoms with Crippen molar-refractivity contribution in [1.29, 1.82) is 0 Å². The van der Waals surface area contributed by atoms with Gasteiger partial charge >= 0.3 is 0 Å². The molecule has 0 unspecified atom stereocenters. The summed E-state index contributed by atoms with van der Waals surface area (Å²) in [5.41, 5.74) is 0.158. The maximum Gasteiger partial charge on any atom is 0.288 e. The van der Waals surface area contributed by atoms with E-state index in [9.17, 15) is 18.8 Å². The summed E-state index contributed by atoms with van der Waals surface area (Å²) in [6.45, 7) is -0.325. The van der Waals surface area contributed by atoms with Crippen LogP contribution in [0, 0.1) is 5.82 Å². The van der Waals surface area contributed by atoms with Crippen molar-refractivity contribution in [3.05, 3.63) is 35.6 Å². The first kappa shape index (κ1) is 12.8. The van der Waals surface area contributed by atoms with Crippen LogP contribution in [0.2, 0.25) is 0 Å². The van der Waals surface area contributed by atoms with E-state index in [2.05, 4.69) is 0 Å². The van der Waals surface area contributed by atoms with Gasteiger partial charge in [-0.15, -0.1) is 0 Å². The summed E-state index contributed by atoms with van der Waals surface area (Å²) in [7, 11) is 0. The Balaban J connectivity index is 2.11. The number of ketones is 1. The predicted molar refractivity (Wildman–Crippen MR) is 64.9 cm³/mol. The van der Waals surface area contributed by atoms with Crippen molar-refractivity contribution in [2.45, 2.75) is 6.42 Å². The monoisotopic (exact) mass is 267 g/mol. The van der Waals surface area contributed by atoms with E-state index >= 15 is 0 Å². The van der Waals surface area contributed by atoms with E-state index in [0.29, 0.717) is 5.75 Å². The molecule has 4 nitrogen and oxygen atoms in total. The fourth-order valence-electron chi connectivity index (χ4n) is 1.59. The number of imide groups is 1. The molecule has 1 heterocycles. The highest BCUT2D eigenvalue weighted by atomic mass is 32.2. The Kier molecular flexibility index (Phi) is 3.76. The molecule has 0 aromatic heterocycles. The van der Waals surface area contributed by atoms with Crippen molar-refractivity contribution >= 4 is 28.7 Å².